The summed E-state index contributed by atoms with van der Waals surface area (Å²) in [5, 5.41) is 0. The van der Waals surface area contributed by atoms with Crippen LogP contribution in [0.3, 0.4) is 0 Å². The Morgan fingerprint density at radius 3 is 2.61 bits per heavy atom. The Kier molecular flexibility index (Phi) is 4.26. The molecule has 1 N–H and O–H groups in total. The van der Waals surface area contributed by atoms with Gasteiger partial charge in [-0.2, -0.15) is 0 Å². The van der Waals surface area contributed by atoms with Crippen LogP contribution in [0.15, 0.2) is 36.7 Å². The van der Waals surface area contributed by atoms with E-state index in [2.05, 4.69) is 6.58 Å². The summed E-state index contributed by atoms with van der Waals surface area (Å²) in [6, 6.07) is 7.53. The van der Waals surface area contributed by atoms with E-state index in [9.17, 15) is 9.46 Å². The summed E-state index contributed by atoms with van der Waals surface area (Å²) >= 11 is 0. The Balaban J connectivity index is 2.24. The van der Waals surface area contributed by atoms with E-state index in [-0.39, 0.29) is 0 Å². The van der Waals surface area contributed by atoms with E-state index >= 15 is 0 Å². The third-order valence-corrected chi connectivity index (χ3v) is 4.34. The van der Waals surface area contributed by atoms with Crippen molar-refractivity contribution in [2.45, 2.75) is 38.0 Å². The van der Waals surface area contributed by atoms with E-state index in [0.29, 0.717) is 11.7 Å². The van der Waals surface area contributed by atoms with Crippen LogP contribution in [0.2, 0.25) is 0 Å². The molecule has 0 radical (unpaired) electrons. The van der Waals surface area contributed by atoms with Gasteiger partial charge in [0.2, 0.25) is 0 Å². The second-order valence-corrected chi connectivity index (χ2v) is 6.39. The monoisotopic (exact) mass is 266 g/mol. The molecule has 1 aliphatic rings. The minimum Gasteiger partial charge on any atom is -0.421 e. The predicted molar refractivity (Wildman–Crippen MR) is 72.9 cm³/mol. The summed E-state index contributed by atoms with van der Waals surface area (Å²) in [5.41, 5.74) is 1.05. The Morgan fingerprint density at radius 1 is 1.28 bits per heavy atom. The van der Waals surface area contributed by atoms with Gasteiger partial charge in [-0.1, -0.05) is 44.0 Å². The van der Waals surface area contributed by atoms with E-state index in [4.69, 9.17) is 4.52 Å². The van der Waals surface area contributed by atoms with Crippen molar-refractivity contribution in [1.82, 2.24) is 0 Å². The molecule has 4 heteroatoms. The Bertz CT molecular complexity index is 464. The molecule has 1 atom stereocenters. The van der Waals surface area contributed by atoms with Gasteiger partial charge in [-0.15, -0.1) is 0 Å². The molecule has 0 heterocycles. The van der Waals surface area contributed by atoms with Crippen LogP contribution in [-0.4, -0.2) is 4.89 Å². The van der Waals surface area contributed by atoms with Gasteiger partial charge in [-0.05, 0) is 30.4 Å². The predicted octanol–water partition coefficient (Wildman–Crippen LogP) is 4.44. The van der Waals surface area contributed by atoms with Crippen molar-refractivity contribution in [1.29, 1.82) is 0 Å². The van der Waals surface area contributed by atoms with E-state index < -0.39 is 7.60 Å². The van der Waals surface area contributed by atoms with Crippen molar-refractivity contribution in [2.24, 2.45) is 0 Å². The number of hydrogen-bond acceptors (Lipinski definition) is 2. The van der Waals surface area contributed by atoms with E-state index in [1.165, 1.54) is 19.3 Å². The topological polar surface area (TPSA) is 46.5 Å². The Hall–Kier alpha value is -1.05. The summed E-state index contributed by atoms with van der Waals surface area (Å²) in [5.74, 6) is 1.94. The summed E-state index contributed by atoms with van der Waals surface area (Å²) in [6.45, 7) is 3.33. The molecule has 3 nitrogen and oxygen atoms in total. The summed E-state index contributed by atoms with van der Waals surface area (Å²) in [6.07, 6.45) is 5.98. The fourth-order valence-electron chi connectivity index (χ4n) is 2.49. The SMILES string of the molecule is C=CP(=O)(O)Oc1ccccc1C1CCCCC1. The summed E-state index contributed by atoms with van der Waals surface area (Å²) in [4.78, 5) is 9.51. The highest BCUT2D eigenvalue weighted by molar-refractivity contribution is 7.56. The lowest BCUT2D eigenvalue weighted by atomic mass is 9.84. The molecule has 1 fully saturated rings. The van der Waals surface area contributed by atoms with Gasteiger partial charge in [0.1, 0.15) is 5.75 Å². The fourth-order valence-corrected chi connectivity index (χ4v) is 3.02. The molecule has 0 spiro atoms. The average molecular weight is 266 g/mol. The lowest BCUT2D eigenvalue weighted by Gasteiger charge is -2.24. The zero-order valence-corrected chi connectivity index (χ0v) is 11.3. The largest absolute Gasteiger partial charge is 0.421 e. The highest BCUT2D eigenvalue weighted by Gasteiger charge is 2.22. The van der Waals surface area contributed by atoms with Gasteiger partial charge >= 0.3 is 7.60 Å². The third-order valence-electron chi connectivity index (χ3n) is 3.42. The molecule has 1 aliphatic carbocycles. The van der Waals surface area contributed by atoms with Crippen LogP contribution in [0, 0.1) is 0 Å². The van der Waals surface area contributed by atoms with Crippen LogP contribution in [0.25, 0.3) is 0 Å². The molecule has 0 saturated heterocycles. The molecule has 1 unspecified atom stereocenters. The molecular formula is C14H19O3P. The molecule has 18 heavy (non-hydrogen) atoms. The van der Waals surface area contributed by atoms with Crippen molar-refractivity contribution in [3.63, 3.8) is 0 Å². The summed E-state index contributed by atoms with van der Waals surface area (Å²) < 4.78 is 16.8. The maximum Gasteiger partial charge on any atom is 0.400 e. The van der Waals surface area contributed by atoms with Gasteiger partial charge in [-0.25, -0.2) is 4.57 Å². The standard InChI is InChI=1S/C14H19O3P/c1-2-18(15,16)17-14-11-7-6-10-13(14)12-8-4-3-5-9-12/h2,6-7,10-12H,1,3-5,8-9H2,(H,15,16). The number of hydrogen-bond donors (Lipinski definition) is 1. The molecule has 1 aromatic rings. The minimum atomic E-state index is -3.71. The maximum atomic E-state index is 11.6. The molecule has 1 aromatic carbocycles. The molecular weight excluding hydrogens is 247 g/mol. The second kappa shape index (κ2) is 5.73. The average Bonchev–Trinajstić information content (AvgIpc) is 2.40. The number of para-hydroxylation sites is 1. The second-order valence-electron chi connectivity index (χ2n) is 4.71. The smallest absolute Gasteiger partial charge is 0.400 e. The normalized spacial score (nSPS) is 20.1. The quantitative estimate of drug-likeness (QED) is 0.819. The van der Waals surface area contributed by atoms with Crippen LogP contribution in [0.5, 0.6) is 5.75 Å². The number of rotatable bonds is 4. The lowest BCUT2D eigenvalue weighted by Crippen LogP contribution is -2.06. The van der Waals surface area contributed by atoms with E-state index in [1.807, 2.05) is 18.2 Å². The van der Waals surface area contributed by atoms with Gasteiger partial charge in [0.25, 0.3) is 0 Å². The first kappa shape index (κ1) is 13.4. The third kappa shape index (κ3) is 3.24. The van der Waals surface area contributed by atoms with Crippen LogP contribution in [-0.2, 0) is 4.57 Å². The zero-order valence-electron chi connectivity index (χ0n) is 10.4. The van der Waals surface area contributed by atoms with Crippen LogP contribution >= 0.6 is 7.60 Å². The van der Waals surface area contributed by atoms with Crippen molar-refractivity contribution < 1.29 is 14.0 Å². The molecule has 98 valence electrons. The van der Waals surface area contributed by atoms with Gasteiger partial charge < -0.3 is 9.42 Å². The zero-order chi connectivity index (χ0) is 13.0. The van der Waals surface area contributed by atoms with Crippen molar-refractivity contribution >= 4 is 7.60 Å². The molecule has 0 amide bonds. The molecule has 0 aromatic heterocycles. The number of benzene rings is 1. The van der Waals surface area contributed by atoms with Crippen molar-refractivity contribution in [3.05, 3.63) is 42.2 Å². The van der Waals surface area contributed by atoms with Crippen LogP contribution in [0.4, 0.5) is 0 Å². The van der Waals surface area contributed by atoms with Gasteiger partial charge in [0.05, 0.1) is 0 Å². The van der Waals surface area contributed by atoms with Gasteiger partial charge in [-0.3, -0.25) is 0 Å². The maximum absolute atomic E-state index is 11.6. The molecule has 2 rings (SSSR count). The van der Waals surface area contributed by atoms with E-state index in [1.54, 1.807) is 6.07 Å². The summed E-state index contributed by atoms with van der Waals surface area (Å²) in [7, 11) is -3.71. The fraction of sp³-hybridized carbons (Fsp3) is 0.429. The first-order valence-corrected chi connectivity index (χ1v) is 8.01. The minimum absolute atomic E-state index is 0.444. The molecule has 0 bridgehead atoms. The molecule has 0 aliphatic heterocycles. The first-order chi connectivity index (χ1) is 8.62. The van der Waals surface area contributed by atoms with Crippen molar-refractivity contribution in [2.75, 3.05) is 0 Å². The van der Waals surface area contributed by atoms with E-state index in [0.717, 1.165) is 24.2 Å². The van der Waals surface area contributed by atoms with Gasteiger partial charge in [0, 0.05) is 5.82 Å². The van der Waals surface area contributed by atoms with Gasteiger partial charge in [0.15, 0.2) is 0 Å². The van der Waals surface area contributed by atoms with Crippen LogP contribution in [0.1, 0.15) is 43.6 Å². The highest BCUT2D eigenvalue weighted by atomic mass is 31.2. The Morgan fingerprint density at radius 2 is 1.94 bits per heavy atom. The van der Waals surface area contributed by atoms with Crippen molar-refractivity contribution in [3.8, 4) is 5.75 Å². The Labute approximate surface area is 108 Å². The lowest BCUT2D eigenvalue weighted by molar-refractivity contribution is 0.382. The molecule has 1 saturated carbocycles. The highest BCUT2D eigenvalue weighted by Crippen LogP contribution is 2.47. The first-order valence-electron chi connectivity index (χ1n) is 6.37. The van der Waals surface area contributed by atoms with Crippen LogP contribution < -0.4 is 4.52 Å².